The molecule has 28 heavy (non-hydrogen) atoms. The van der Waals surface area contributed by atoms with Crippen molar-refractivity contribution in [1.29, 1.82) is 5.26 Å². The number of fused-ring (bicyclic) bond motifs is 3. The maximum atomic E-state index is 9.60. The van der Waals surface area contributed by atoms with Crippen molar-refractivity contribution in [2.75, 3.05) is 0 Å². The number of nitrogens with zero attached hydrogens (tertiary/aromatic N) is 2. The van der Waals surface area contributed by atoms with Crippen molar-refractivity contribution in [2.45, 2.75) is 34.1 Å². The molecule has 0 bridgehead atoms. The van der Waals surface area contributed by atoms with E-state index in [1.807, 2.05) is 19.1 Å². The Morgan fingerprint density at radius 1 is 1.25 bits per heavy atom. The standard InChI is InChI=1S/C25H25N2O/c1-16-9-10-19-23-18(15-26)7-6-8-21(23)28-24(19)22(16)20-13-17(11-12-27(20)5)14-25(2,3)4/h6-13H,14H2,1-5H3/q+1/i11D,12D,13D,14D2. The average Bonchev–Trinajstić information content (AvgIpc) is 3.11. The molecule has 3 nitrogen and oxygen atoms in total. The van der Waals surface area contributed by atoms with E-state index in [1.165, 1.54) is 4.57 Å². The van der Waals surface area contributed by atoms with Gasteiger partial charge in [0.05, 0.1) is 19.9 Å². The Bertz CT molecular complexity index is 1490. The quantitative estimate of drug-likeness (QED) is 0.413. The fourth-order valence-electron chi connectivity index (χ4n) is 3.47. The van der Waals surface area contributed by atoms with Gasteiger partial charge in [0.15, 0.2) is 6.17 Å². The molecule has 0 fully saturated rings. The Hall–Kier alpha value is -3.12. The van der Waals surface area contributed by atoms with Crippen LogP contribution in [0.4, 0.5) is 0 Å². The number of benzene rings is 2. The van der Waals surface area contributed by atoms with Gasteiger partial charge >= 0.3 is 0 Å². The second-order valence-corrected chi connectivity index (χ2v) is 8.05. The van der Waals surface area contributed by atoms with Crippen molar-refractivity contribution in [2.24, 2.45) is 12.5 Å². The molecule has 0 saturated carbocycles. The van der Waals surface area contributed by atoms with E-state index in [-0.39, 0.29) is 23.8 Å². The Kier molecular flexibility index (Phi) is 3.04. The fourth-order valence-corrected chi connectivity index (χ4v) is 3.47. The van der Waals surface area contributed by atoms with Gasteiger partial charge in [-0.15, -0.1) is 0 Å². The van der Waals surface area contributed by atoms with E-state index in [4.69, 9.17) is 11.3 Å². The lowest BCUT2D eigenvalue weighted by molar-refractivity contribution is -0.660. The second kappa shape index (κ2) is 6.49. The zero-order valence-corrected chi connectivity index (χ0v) is 16.7. The lowest BCUT2D eigenvalue weighted by Crippen LogP contribution is -2.31. The first kappa shape index (κ1) is 13.1. The lowest BCUT2D eigenvalue weighted by atomic mass is 9.87. The van der Waals surface area contributed by atoms with E-state index in [9.17, 15) is 5.26 Å². The summed E-state index contributed by atoms with van der Waals surface area (Å²) in [5.41, 5.74) is 2.12. The number of hydrogen-bond acceptors (Lipinski definition) is 2. The smallest absolute Gasteiger partial charge is 0.216 e. The zero-order valence-electron chi connectivity index (χ0n) is 21.7. The van der Waals surface area contributed by atoms with E-state index in [0.29, 0.717) is 38.8 Å². The number of nitriles is 1. The van der Waals surface area contributed by atoms with Gasteiger partial charge in [-0.1, -0.05) is 39.0 Å². The molecule has 4 rings (SSSR count). The number of pyridine rings is 1. The molecule has 0 saturated heterocycles. The minimum atomic E-state index is -2.02. The number of aryl methyl sites for hydroxylation is 1. The molecule has 0 spiro atoms. The molecule has 4 aromatic rings. The summed E-state index contributed by atoms with van der Waals surface area (Å²) in [5.74, 6) is 0. The van der Waals surface area contributed by atoms with Gasteiger partial charge in [-0.25, -0.2) is 4.57 Å². The van der Waals surface area contributed by atoms with Crippen LogP contribution in [0.5, 0.6) is 0 Å². The summed E-state index contributed by atoms with van der Waals surface area (Å²) in [6, 6.07) is 10.8. The van der Waals surface area contributed by atoms with Crippen LogP contribution in [0.2, 0.25) is 0 Å². The molecule has 2 aromatic carbocycles. The Balaban J connectivity index is 2.20. The average molecular weight is 375 g/mol. The molecular weight excluding hydrogens is 344 g/mol. The van der Waals surface area contributed by atoms with Crippen LogP contribution < -0.4 is 4.57 Å². The van der Waals surface area contributed by atoms with Gasteiger partial charge in [-0.3, -0.25) is 0 Å². The minimum absolute atomic E-state index is 0.113. The molecule has 0 aliphatic rings. The van der Waals surface area contributed by atoms with Crippen molar-refractivity contribution in [1.82, 2.24) is 0 Å². The molecule has 0 amide bonds. The summed E-state index contributed by atoms with van der Waals surface area (Å²) in [4.78, 5) is 0. The first-order valence-electron chi connectivity index (χ1n) is 11.7. The van der Waals surface area contributed by atoms with E-state index in [2.05, 4.69) is 6.07 Å². The molecule has 0 radical (unpaired) electrons. The van der Waals surface area contributed by atoms with Gasteiger partial charge < -0.3 is 4.42 Å². The van der Waals surface area contributed by atoms with E-state index in [0.717, 1.165) is 5.56 Å². The summed E-state index contributed by atoms with van der Waals surface area (Å²) in [6.07, 6.45) is -2.21. The van der Waals surface area contributed by atoms with Crippen LogP contribution in [0, 0.1) is 23.7 Å². The molecule has 0 aliphatic carbocycles. The van der Waals surface area contributed by atoms with Crippen LogP contribution in [0.1, 0.15) is 44.3 Å². The largest absolute Gasteiger partial charge is 0.455 e. The third-order valence-electron chi connectivity index (χ3n) is 4.66. The van der Waals surface area contributed by atoms with Gasteiger partial charge in [0.2, 0.25) is 5.69 Å². The van der Waals surface area contributed by atoms with Gasteiger partial charge in [-0.05, 0) is 42.0 Å². The van der Waals surface area contributed by atoms with Crippen LogP contribution in [-0.2, 0) is 13.4 Å². The van der Waals surface area contributed by atoms with Crippen molar-refractivity contribution in [3.63, 3.8) is 0 Å². The maximum Gasteiger partial charge on any atom is 0.216 e. The van der Waals surface area contributed by atoms with Crippen molar-refractivity contribution < 1.29 is 15.8 Å². The van der Waals surface area contributed by atoms with Crippen LogP contribution in [-0.4, -0.2) is 0 Å². The Morgan fingerprint density at radius 2 is 2.04 bits per heavy atom. The predicted octanol–water partition coefficient (Wildman–Crippen LogP) is 5.85. The molecule has 140 valence electrons. The highest BCUT2D eigenvalue weighted by atomic mass is 16.3. The number of aromatic nitrogens is 1. The lowest BCUT2D eigenvalue weighted by Gasteiger charge is -2.18. The topological polar surface area (TPSA) is 40.8 Å². The summed E-state index contributed by atoms with van der Waals surface area (Å²) >= 11 is 0. The number of rotatable bonds is 2. The number of furan rings is 1. The third kappa shape index (κ3) is 3.05. The molecule has 0 N–H and O–H groups in total. The first-order chi connectivity index (χ1) is 15.3. The van der Waals surface area contributed by atoms with E-state index in [1.54, 1.807) is 46.0 Å². The summed E-state index contributed by atoms with van der Waals surface area (Å²) in [6.45, 7) is 7.02. The summed E-state index contributed by atoms with van der Waals surface area (Å²) in [5, 5.41) is 11.0. The molecule has 0 unspecified atom stereocenters. The van der Waals surface area contributed by atoms with Crippen molar-refractivity contribution in [3.8, 4) is 17.3 Å². The van der Waals surface area contributed by atoms with Gasteiger partial charge in [-0.2, -0.15) is 5.26 Å². The number of hydrogen-bond donors (Lipinski definition) is 0. The van der Waals surface area contributed by atoms with E-state index < -0.39 is 11.8 Å². The molecule has 2 aromatic heterocycles. The third-order valence-corrected chi connectivity index (χ3v) is 4.66. The SMILES string of the molecule is [2H]c1c(C([2H])([2H])C(C)(C)C)c([2H])c(-c2c(C)ccc3c2oc2cccc(C#N)c23)[n+](C)c1[2H]. The van der Waals surface area contributed by atoms with Crippen molar-refractivity contribution in [3.05, 3.63) is 65.3 Å². The fraction of sp³-hybridized carbons (Fsp3) is 0.280. The molecule has 2 heterocycles. The van der Waals surface area contributed by atoms with Crippen LogP contribution in [0.25, 0.3) is 33.2 Å². The normalized spacial score (nSPS) is 14.9. The van der Waals surface area contributed by atoms with E-state index >= 15 is 0 Å². The van der Waals surface area contributed by atoms with Crippen LogP contribution in [0.3, 0.4) is 0 Å². The maximum absolute atomic E-state index is 9.60. The molecular formula is C25H25N2O+. The van der Waals surface area contributed by atoms with Crippen LogP contribution in [0.15, 0.2) is 53.0 Å². The summed E-state index contributed by atoms with van der Waals surface area (Å²) < 4.78 is 51.2. The van der Waals surface area contributed by atoms with Crippen molar-refractivity contribution >= 4 is 21.9 Å². The molecule has 0 atom stereocenters. The second-order valence-electron chi connectivity index (χ2n) is 8.05. The summed E-state index contributed by atoms with van der Waals surface area (Å²) in [7, 11) is 1.60. The predicted molar refractivity (Wildman–Crippen MR) is 113 cm³/mol. The van der Waals surface area contributed by atoms with Crippen LogP contribution >= 0.6 is 0 Å². The monoisotopic (exact) mass is 374 g/mol. The zero-order chi connectivity index (χ0) is 24.5. The highest BCUT2D eigenvalue weighted by Gasteiger charge is 2.23. The van der Waals surface area contributed by atoms with Gasteiger partial charge in [0, 0.05) is 25.6 Å². The minimum Gasteiger partial charge on any atom is -0.455 e. The Labute approximate surface area is 172 Å². The molecule has 0 aliphatic heterocycles. The molecule has 3 heteroatoms. The highest BCUT2D eigenvalue weighted by molar-refractivity contribution is 6.11. The van der Waals surface area contributed by atoms with Gasteiger partial charge in [0.1, 0.15) is 19.6 Å². The Morgan fingerprint density at radius 3 is 2.75 bits per heavy atom. The van der Waals surface area contributed by atoms with Gasteiger partial charge in [0.25, 0.3) is 0 Å². The first-order valence-corrected chi connectivity index (χ1v) is 9.18. The highest BCUT2D eigenvalue weighted by Crippen LogP contribution is 2.38.